The number of Topliss-reactive ketones (excluding diaryl/α,β-unsaturated/α-hetero) is 1. The van der Waals surface area contributed by atoms with Crippen molar-refractivity contribution in [3.8, 4) is 0 Å². The van der Waals surface area contributed by atoms with Crippen LogP contribution in [0.1, 0.15) is 30.0 Å². The molecule has 0 fully saturated rings. The summed E-state index contributed by atoms with van der Waals surface area (Å²) in [4.78, 5) is 23.3. The summed E-state index contributed by atoms with van der Waals surface area (Å²) >= 11 is 0. The SMILES string of the molecule is CCN(CC)CC(=O)c1nc2ccccc2nc1C. The number of para-hydroxylation sites is 2. The Kier molecular flexibility index (Phi) is 4.22. The summed E-state index contributed by atoms with van der Waals surface area (Å²) in [5.41, 5.74) is 2.80. The summed E-state index contributed by atoms with van der Waals surface area (Å²) in [6, 6.07) is 7.63. The van der Waals surface area contributed by atoms with Crippen molar-refractivity contribution in [1.29, 1.82) is 0 Å². The Morgan fingerprint density at radius 1 is 1.11 bits per heavy atom. The van der Waals surface area contributed by atoms with Crippen molar-refractivity contribution in [2.24, 2.45) is 0 Å². The van der Waals surface area contributed by atoms with Crippen LogP contribution in [-0.4, -0.2) is 40.3 Å². The quantitative estimate of drug-likeness (QED) is 0.772. The third kappa shape index (κ3) is 2.96. The summed E-state index contributed by atoms with van der Waals surface area (Å²) in [5, 5.41) is 0. The maximum absolute atomic E-state index is 12.3. The number of hydrogen-bond acceptors (Lipinski definition) is 4. The number of likely N-dealkylation sites (N-methyl/N-ethyl adjacent to an activating group) is 1. The van der Waals surface area contributed by atoms with Crippen molar-refractivity contribution in [2.45, 2.75) is 20.8 Å². The molecule has 2 rings (SSSR count). The minimum Gasteiger partial charge on any atom is -0.296 e. The largest absolute Gasteiger partial charge is 0.296 e. The highest BCUT2D eigenvalue weighted by Gasteiger charge is 2.15. The molecule has 2 aromatic rings. The van der Waals surface area contributed by atoms with E-state index < -0.39 is 0 Å². The van der Waals surface area contributed by atoms with Crippen LogP contribution in [0.5, 0.6) is 0 Å². The van der Waals surface area contributed by atoms with Gasteiger partial charge in [-0.3, -0.25) is 9.69 Å². The standard InChI is InChI=1S/C15H19N3O/c1-4-18(5-2)10-14(19)15-11(3)16-12-8-6-7-9-13(12)17-15/h6-9H,4-5,10H2,1-3H3. The molecule has 0 aliphatic heterocycles. The van der Waals surface area contributed by atoms with Crippen LogP contribution in [0.2, 0.25) is 0 Å². The van der Waals surface area contributed by atoms with Crippen LogP contribution in [0.3, 0.4) is 0 Å². The number of aromatic nitrogens is 2. The third-order valence-corrected chi connectivity index (χ3v) is 3.27. The fourth-order valence-electron chi connectivity index (χ4n) is 2.08. The molecule has 0 radical (unpaired) electrons. The Balaban J connectivity index is 2.33. The molecule has 19 heavy (non-hydrogen) atoms. The smallest absolute Gasteiger partial charge is 0.196 e. The lowest BCUT2D eigenvalue weighted by Gasteiger charge is -2.17. The summed E-state index contributed by atoms with van der Waals surface area (Å²) in [6.07, 6.45) is 0. The number of hydrogen-bond donors (Lipinski definition) is 0. The van der Waals surface area contributed by atoms with Crippen LogP contribution in [0, 0.1) is 6.92 Å². The molecule has 0 bridgehead atoms. The van der Waals surface area contributed by atoms with E-state index in [2.05, 4.69) is 28.7 Å². The minimum atomic E-state index is 0.0412. The Morgan fingerprint density at radius 3 is 2.26 bits per heavy atom. The Labute approximate surface area is 113 Å². The molecule has 0 aliphatic carbocycles. The van der Waals surface area contributed by atoms with Gasteiger partial charge in [-0.15, -0.1) is 0 Å². The molecule has 1 aromatic carbocycles. The average molecular weight is 257 g/mol. The molecule has 0 unspecified atom stereocenters. The number of aryl methyl sites for hydroxylation is 1. The zero-order chi connectivity index (χ0) is 13.8. The molecular formula is C15H19N3O. The number of carbonyl (C=O) groups is 1. The Hall–Kier alpha value is -1.81. The Morgan fingerprint density at radius 2 is 1.68 bits per heavy atom. The van der Waals surface area contributed by atoms with Gasteiger partial charge in [0.1, 0.15) is 5.69 Å². The molecule has 4 nitrogen and oxygen atoms in total. The molecule has 0 saturated heterocycles. The minimum absolute atomic E-state index is 0.0412. The maximum Gasteiger partial charge on any atom is 0.196 e. The monoisotopic (exact) mass is 257 g/mol. The van der Waals surface area contributed by atoms with Gasteiger partial charge in [0, 0.05) is 0 Å². The molecule has 0 N–H and O–H groups in total. The lowest BCUT2D eigenvalue weighted by Crippen LogP contribution is -2.30. The van der Waals surface area contributed by atoms with E-state index >= 15 is 0 Å². The molecule has 0 saturated carbocycles. The Bertz CT molecular complexity index is 591. The van der Waals surface area contributed by atoms with Gasteiger partial charge < -0.3 is 0 Å². The van der Waals surface area contributed by atoms with Crippen LogP contribution in [-0.2, 0) is 0 Å². The highest BCUT2D eigenvalue weighted by Crippen LogP contribution is 2.13. The summed E-state index contributed by atoms with van der Waals surface area (Å²) in [5.74, 6) is 0.0412. The number of benzene rings is 1. The van der Waals surface area contributed by atoms with Crippen LogP contribution in [0.15, 0.2) is 24.3 Å². The molecule has 1 heterocycles. The predicted octanol–water partition coefficient (Wildman–Crippen LogP) is 2.46. The lowest BCUT2D eigenvalue weighted by atomic mass is 10.2. The molecule has 100 valence electrons. The zero-order valence-corrected chi connectivity index (χ0v) is 11.7. The van der Waals surface area contributed by atoms with E-state index in [9.17, 15) is 4.79 Å². The predicted molar refractivity (Wildman–Crippen MR) is 76.4 cm³/mol. The van der Waals surface area contributed by atoms with Gasteiger partial charge in [-0.05, 0) is 32.1 Å². The third-order valence-electron chi connectivity index (χ3n) is 3.27. The van der Waals surface area contributed by atoms with E-state index in [1.165, 1.54) is 0 Å². The summed E-state index contributed by atoms with van der Waals surface area (Å²) in [7, 11) is 0. The second-order valence-electron chi connectivity index (χ2n) is 4.53. The van der Waals surface area contributed by atoms with Gasteiger partial charge in [-0.2, -0.15) is 0 Å². The topological polar surface area (TPSA) is 46.1 Å². The van der Waals surface area contributed by atoms with Crippen LogP contribution < -0.4 is 0 Å². The number of fused-ring (bicyclic) bond motifs is 1. The van der Waals surface area contributed by atoms with Crippen molar-refractivity contribution >= 4 is 16.8 Å². The van der Waals surface area contributed by atoms with Gasteiger partial charge in [-0.25, -0.2) is 9.97 Å². The van der Waals surface area contributed by atoms with E-state index in [0.29, 0.717) is 17.9 Å². The second-order valence-corrected chi connectivity index (χ2v) is 4.53. The van der Waals surface area contributed by atoms with Gasteiger partial charge in [0.2, 0.25) is 0 Å². The van der Waals surface area contributed by atoms with E-state index in [4.69, 9.17) is 0 Å². The van der Waals surface area contributed by atoms with Crippen molar-refractivity contribution < 1.29 is 4.79 Å². The zero-order valence-electron chi connectivity index (χ0n) is 11.7. The van der Waals surface area contributed by atoms with Crippen molar-refractivity contribution in [2.75, 3.05) is 19.6 Å². The number of nitrogens with zero attached hydrogens (tertiary/aromatic N) is 3. The van der Waals surface area contributed by atoms with Gasteiger partial charge >= 0.3 is 0 Å². The number of ketones is 1. The van der Waals surface area contributed by atoms with Gasteiger partial charge in [-0.1, -0.05) is 26.0 Å². The van der Waals surface area contributed by atoms with Crippen LogP contribution in [0.4, 0.5) is 0 Å². The number of rotatable bonds is 5. The molecular weight excluding hydrogens is 238 g/mol. The first-order valence-corrected chi connectivity index (χ1v) is 6.64. The summed E-state index contributed by atoms with van der Waals surface area (Å²) < 4.78 is 0. The molecule has 0 spiro atoms. The van der Waals surface area contributed by atoms with Gasteiger partial charge in [0.05, 0.1) is 23.3 Å². The van der Waals surface area contributed by atoms with E-state index in [0.717, 1.165) is 24.1 Å². The van der Waals surface area contributed by atoms with Crippen LogP contribution in [0.25, 0.3) is 11.0 Å². The second kappa shape index (κ2) is 5.89. The highest BCUT2D eigenvalue weighted by molar-refractivity contribution is 5.98. The first kappa shape index (κ1) is 13.6. The first-order chi connectivity index (χ1) is 9.15. The van der Waals surface area contributed by atoms with E-state index in [1.807, 2.05) is 31.2 Å². The molecule has 0 aliphatic rings. The van der Waals surface area contributed by atoms with Crippen molar-refractivity contribution in [1.82, 2.24) is 14.9 Å². The van der Waals surface area contributed by atoms with Crippen molar-refractivity contribution in [3.63, 3.8) is 0 Å². The molecule has 0 amide bonds. The first-order valence-electron chi connectivity index (χ1n) is 6.64. The molecule has 0 atom stereocenters. The summed E-state index contributed by atoms with van der Waals surface area (Å²) in [6.45, 7) is 8.08. The normalized spacial score (nSPS) is 11.2. The average Bonchev–Trinajstić information content (AvgIpc) is 2.43. The fraction of sp³-hybridized carbons (Fsp3) is 0.400. The fourth-order valence-corrected chi connectivity index (χ4v) is 2.08. The van der Waals surface area contributed by atoms with Gasteiger partial charge in [0.15, 0.2) is 5.78 Å². The van der Waals surface area contributed by atoms with Crippen LogP contribution >= 0.6 is 0 Å². The molecule has 1 aromatic heterocycles. The highest BCUT2D eigenvalue weighted by atomic mass is 16.1. The molecule has 4 heteroatoms. The lowest BCUT2D eigenvalue weighted by molar-refractivity contribution is 0.0931. The number of carbonyl (C=O) groups excluding carboxylic acids is 1. The van der Waals surface area contributed by atoms with E-state index in [-0.39, 0.29) is 5.78 Å². The van der Waals surface area contributed by atoms with Crippen molar-refractivity contribution in [3.05, 3.63) is 35.7 Å². The van der Waals surface area contributed by atoms with Gasteiger partial charge in [0.25, 0.3) is 0 Å². The maximum atomic E-state index is 12.3. The van der Waals surface area contributed by atoms with E-state index in [1.54, 1.807) is 0 Å².